The molecule has 1 atom stereocenters. The number of rotatable bonds is 3. The lowest BCUT2D eigenvalue weighted by atomic mass is 10.0. The van der Waals surface area contributed by atoms with Crippen LogP contribution in [0.3, 0.4) is 0 Å². The van der Waals surface area contributed by atoms with Gasteiger partial charge in [0.15, 0.2) is 0 Å². The van der Waals surface area contributed by atoms with Crippen LogP contribution in [0.4, 0.5) is 0 Å². The van der Waals surface area contributed by atoms with Gasteiger partial charge >= 0.3 is 5.76 Å². The van der Waals surface area contributed by atoms with E-state index in [1.807, 2.05) is 36.4 Å². The summed E-state index contributed by atoms with van der Waals surface area (Å²) in [4.78, 5) is 11.9. The number of nitrogens with zero attached hydrogens (tertiary/aromatic N) is 6. The Bertz CT molecular complexity index is 1290. The maximum Gasteiger partial charge on any atom is 0.441 e. The fourth-order valence-electron chi connectivity index (χ4n) is 3.25. The van der Waals surface area contributed by atoms with Gasteiger partial charge < -0.3 is 4.42 Å². The van der Waals surface area contributed by atoms with Gasteiger partial charge in [-0.15, -0.1) is 15.3 Å². The molecule has 3 heterocycles. The van der Waals surface area contributed by atoms with Crippen LogP contribution < -0.4 is 5.76 Å². The SMILES string of the molecule is Cc1nn(-c2ccc(C3=Nn4cnnc4SC(c4ccc(Br)cc4)C3)cc2)c(=O)o1. The monoisotopic (exact) mass is 482 g/mol. The molecule has 1 unspecified atom stereocenters. The molecule has 0 N–H and O–H groups in total. The first-order valence-electron chi connectivity index (χ1n) is 9.14. The average molecular weight is 483 g/mol. The minimum Gasteiger partial charge on any atom is -0.392 e. The topological polar surface area (TPSA) is 91.1 Å². The first-order chi connectivity index (χ1) is 14.6. The molecular formula is C20H15BrN6O2S. The van der Waals surface area contributed by atoms with Crippen LogP contribution in [0, 0.1) is 6.92 Å². The zero-order valence-corrected chi connectivity index (χ0v) is 18.2. The van der Waals surface area contributed by atoms with Gasteiger partial charge in [-0.3, -0.25) is 0 Å². The van der Waals surface area contributed by atoms with Gasteiger partial charge in [0.25, 0.3) is 0 Å². The van der Waals surface area contributed by atoms with E-state index in [2.05, 4.69) is 43.4 Å². The molecule has 1 aliphatic rings. The first-order valence-corrected chi connectivity index (χ1v) is 10.8. The molecule has 2 aromatic carbocycles. The van der Waals surface area contributed by atoms with Crippen molar-refractivity contribution in [1.82, 2.24) is 24.7 Å². The van der Waals surface area contributed by atoms with Crippen molar-refractivity contribution in [2.75, 3.05) is 0 Å². The summed E-state index contributed by atoms with van der Waals surface area (Å²) >= 11 is 5.13. The van der Waals surface area contributed by atoms with Crippen molar-refractivity contribution in [3.8, 4) is 5.69 Å². The second kappa shape index (κ2) is 7.69. The number of aromatic nitrogens is 5. The quantitative estimate of drug-likeness (QED) is 0.438. The predicted molar refractivity (Wildman–Crippen MR) is 116 cm³/mol. The van der Waals surface area contributed by atoms with Crippen LogP contribution in [0.1, 0.15) is 28.7 Å². The van der Waals surface area contributed by atoms with E-state index in [1.54, 1.807) is 29.7 Å². The predicted octanol–water partition coefficient (Wildman–Crippen LogP) is 3.98. The zero-order chi connectivity index (χ0) is 20.7. The van der Waals surface area contributed by atoms with Gasteiger partial charge in [-0.05, 0) is 35.4 Å². The largest absolute Gasteiger partial charge is 0.441 e. The molecule has 30 heavy (non-hydrogen) atoms. The van der Waals surface area contributed by atoms with Crippen LogP contribution in [0.2, 0.25) is 0 Å². The summed E-state index contributed by atoms with van der Waals surface area (Å²) in [6.45, 7) is 1.64. The van der Waals surface area contributed by atoms with Gasteiger partial charge in [-0.2, -0.15) is 14.5 Å². The summed E-state index contributed by atoms with van der Waals surface area (Å²) in [7, 11) is 0. The van der Waals surface area contributed by atoms with E-state index >= 15 is 0 Å². The summed E-state index contributed by atoms with van der Waals surface area (Å²) in [5.41, 5.74) is 3.69. The highest BCUT2D eigenvalue weighted by atomic mass is 79.9. The second-order valence-corrected chi connectivity index (χ2v) is 8.80. The summed E-state index contributed by atoms with van der Waals surface area (Å²) in [5, 5.41) is 18.0. The molecule has 0 amide bonds. The third-order valence-electron chi connectivity index (χ3n) is 4.69. The summed E-state index contributed by atoms with van der Waals surface area (Å²) in [6.07, 6.45) is 2.33. The van der Waals surface area contributed by atoms with Crippen molar-refractivity contribution in [2.24, 2.45) is 5.10 Å². The van der Waals surface area contributed by atoms with E-state index in [9.17, 15) is 4.79 Å². The van der Waals surface area contributed by atoms with Gasteiger partial charge in [0, 0.05) is 23.1 Å². The van der Waals surface area contributed by atoms with Crippen molar-refractivity contribution in [3.63, 3.8) is 0 Å². The Morgan fingerprint density at radius 2 is 1.90 bits per heavy atom. The van der Waals surface area contributed by atoms with Crippen LogP contribution >= 0.6 is 27.7 Å². The molecule has 0 aliphatic carbocycles. The van der Waals surface area contributed by atoms with E-state index < -0.39 is 5.76 Å². The molecule has 0 radical (unpaired) electrons. The van der Waals surface area contributed by atoms with Crippen LogP contribution in [0.5, 0.6) is 0 Å². The Morgan fingerprint density at radius 1 is 1.13 bits per heavy atom. The highest BCUT2D eigenvalue weighted by molar-refractivity contribution is 9.10. The van der Waals surface area contributed by atoms with Gasteiger partial charge in [-0.1, -0.05) is 52.0 Å². The molecule has 2 aromatic heterocycles. The van der Waals surface area contributed by atoms with Crippen LogP contribution in [-0.4, -0.2) is 30.4 Å². The Balaban J connectivity index is 1.51. The average Bonchev–Trinajstić information content (AvgIpc) is 3.27. The van der Waals surface area contributed by atoms with Crippen molar-refractivity contribution in [1.29, 1.82) is 0 Å². The number of hydrogen-bond acceptors (Lipinski definition) is 7. The van der Waals surface area contributed by atoms with Crippen LogP contribution in [-0.2, 0) is 0 Å². The van der Waals surface area contributed by atoms with Gasteiger partial charge in [0.05, 0.1) is 11.4 Å². The number of fused-ring (bicyclic) bond motifs is 1. The van der Waals surface area contributed by atoms with Gasteiger partial charge in [0.1, 0.15) is 6.33 Å². The minimum absolute atomic E-state index is 0.141. The number of benzene rings is 2. The lowest BCUT2D eigenvalue weighted by Gasteiger charge is -2.15. The molecule has 1 aliphatic heterocycles. The third-order valence-corrected chi connectivity index (χ3v) is 6.42. The second-order valence-electron chi connectivity index (χ2n) is 6.71. The molecule has 0 spiro atoms. The normalized spacial score (nSPS) is 16.1. The first kappa shape index (κ1) is 19.0. The van der Waals surface area contributed by atoms with Gasteiger partial charge in [0.2, 0.25) is 11.0 Å². The summed E-state index contributed by atoms with van der Waals surface area (Å²) in [6, 6.07) is 15.8. The van der Waals surface area contributed by atoms with E-state index in [1.165, 1.54) is 10.2 Å². The Morgan fingerprint density at radius 3 is 2.60 bits per heavy atom. The number of hydrogen-bond donors (Lipinski definition) is 0. The molecule has 4 aromatic rings. The van der Waals surface area contributed by atoms with Crippen molar-refractivity contribution in [3.05, 3.63) is 86.9 Å². The minimum atomic E-state index is -0.507. The fraction of sp³-hybridized carbons (Fsp3) is 0.150. The van der Waals surface area contributed by atoms with E-state index in [0.29, 0.717) is 11.6 Å². The number of thioether (sulfide) groups is 1. The fourth-order valence-corrected chi connectivity index (χ4v) is 4.59. The molecule has 8 nitrogen and oxygen atoms in total. The molecule has 5 rings (SSSR count). The smallest absolute Gasteiger partial charge is 0.392 e. The molecule has 0 bridgehead atoms. The highest BCUT2D eigenvalue weighted by Crippen LogP contribution is 2.40. The summed E-state index contributed by atoms with van der Waals surface area (Å²) < 4.78 is 8.97. The van der Waals surface area contributed by atoms with Crippen molar-refractivity contribution < 1.29 is 4.42 Å². The molecule has 0 saturated carbocycles. The summed E-state index contributed by atoms with van der Waals surface area (Å²) in [5.74, 6) is -0.181. The molecule has 0 fully saturated rings. The van der Waals surface area contributed by atoms with Crippen LogP contribution in [0.25, 0.3) is 5.69 Å². The van der Waals surface area contributed by atoms with E-state index in [0.717, 1.165) is 27.3 Å². The van der Waals surface area contributed by atoms with E-state index in [4.69, 9.17) is 9.52 Å². The van der Waals surface area contributed by atoms with Crippen molar-refractivity contribution >= 4 is 33.4 Å². The van der Waals surface area contributed by atoms with E-state index in [-0.39, 0.29) is 5.25 Å². The number of aryl methyl sites for hydroxylation is 1. The Hall–Kier alpha value is -2.98. The van der Waals surface area contributed by atoms with Gasteiger partial charge in [-0.25, -0.2) is 4.79 Å². The highest BCUT2D eigenvalue weighted by Gasteiger charge is 2.24. The number of halogens is 1. The lowest BCUT2D eigenvalue weighted by molar-refractivity contribution is 0.477. The Labute approximate surface area is 183 Å². The molecule has 0 saturated heterocycles. The van der Waals surface area contributed by atoms with Crippen LogP contribution in [0.15, 0.2) is 78.8 Å². The standard InChI is InChI=1S/C20H15BrN6O2S/c1-12-24-27(20(28)29-12)16-8-4-13(5-9-16)17-10-18(14-2-6-15(21)7-3-14)30-19-23-22-11-26(19)25-17/h2-9,11,18H,10H2,1H3. The lowest BCUT2D eigenvalue weighted by Crippen LogP contribution is -2.13. The zero-order valence-electron chi connectivity index (χ0n) is 15.8. The maximum absolute atomic E-state index is 11.9. The Kier molecular flexibility index (Phi) is 4.87. The molecule has 150 valence electrons. The van der Waals surface area contributed by atoms with Crippen molar-refractivity contribution in [2.45, 2.75) is 23.8 Å². The molecular weight excluding hydrogens is 468 g/mol. The molecule has 10 heteroatoms. The maximum atomic E-state index is 11.9. The third kappa shape index (κ3) is 3.63.